The lowest BCUT2D eigenvalue weighted by Crippen LogP contribution is -2.38. The molecular formula is C31H29ClFN7O2. The van der Waals surface area contributed by atoms with Crippen LogP contribution in [0.5, 0.6) is 0 Å². The van der Waals surface area contributed by atoms with Crippen molar-refractivity contribution in [3.05, 3.63) is 89.2 Å². The van der Waals surface area contributed by atoms with Gasteiger partial charge in [0, 0.05) is 41.5 Å². The molecular weight excluding hydrogens is 557 g/mol. The van der Waals surface area contributed by atoms with Crippen LogP contribution in [0.25, 0.3) is 22.4 Å². The highest BCUT2D eigenvalue weighted by Gasteiger charge is 2.31. The van der Waals surface area contributed by atoms with Gasteiger partial charge in [0.05, 0.1) is 22.4 Å². The monoisotopic (exact) mass is 585 g/mol. The van der Waals surface area contributed by atoms with Gasteiger partial charge < -0.3 is 10.2 Å². The lowest BCUT2D eigenvalue weighted by molar-refractivity contribution is -0.129. The number of fused-ring (bicyclic) bond motifs is 4. The number of halogens is 2. The number of carbonyl (C=O) groups is 2. The lowest BCUT2D eigenvalue weighted by Gasteiger charge is -2.34. The van der Waals surface area contributed by atoms with Crippen LogP contribution in [0.15, 0.2) is 67.1 Å². The van der Waals surface area contributed by atoms with Crippen LogP contribution in [0, 0.1) is 11.7 Å². The molecule has 0 saturated heterocycles. The van der Waals surface area contributed by atoms with Crippen LogP contribution in [0.1, 0.15) is 56.3 Å². The minimum absolute atomic E-state index is 0.00862. The van der Waals surface area contributed by atoms with Crippen LogP contribution in [-0.2, 0) is 9.59 Å². The number of benzene rings is 2. The maximum atomic E-state index is 15.4. The maximum absolute atomic E-state index is 15.4. The van der Waals surface area contributed by atoms with Gasteiger partial charge in [-0.1, -0.05) is 49.6 Å². The molecule has 6 rings (SSSR count). The summed E-state index contributed by atoms with van der Waals surface area (Å²) in [6, 6.07) is 14.4. The third-order valence-corrected chi connectivity index (χ3v) is 8.29. The first-order valence-corrected chi connectivity index (χ1v) is 14.4. The number of carbonyl (C=O) groups excluding carboxylic acids is 2. The average molecular weight is 586 g/mol. The molecule has 4 aromatic rings. The van der Waals surface area contributed by atoms with Gasteiger partial charge in [-0.15, -0.1) is 5.10 Å². The molecule has 42 heavy (non-hydrogen) atoms. The molecule has 1 N–H and O–H groups in total. The molecule has 2 aliphatic rings. The Bertz CT molecular complexity index is 1670. The molecule has 0 aliphatic carbocycles. The number of anilines is 1. The average Bonchev–Trinajstić information content (AvgIpc) is 3.54. The van der Waals surface area contributed by atoms with Crippen LogP contribution in [0.3, 0.4) is 0 Å². The Morgan fingerprint density at radius 2 is 1.90 bits per heavy atom. The van der Waals surface area contributed by atoms with Crippen molar-refractivity contribution in [2.75, 3.05) is 11.9 Å². The summed E-state index contributed by atoms with van der Waals surface area (Å²) in [5.74, 6) is -1.01. The van der Waals surface area contributed by atoms with Crippen molar-refractivity contribution in [2.45, 2.75) is 45.1 Å². The van der Waals surface area contributed by atoms with E-state index in [2.05, 4.69) is 20.8 Å². The van der Waals surface area contributed by atoms with Gasteiger partial charge in [-0.05, 0) is 71.2 Å². The Balaban J connectivity index is 1.37. The summed E-state index contributed by atoms with van der Waals surface area (Å²) in [5, 5.41) is 14.3. The molecule has 2 amide bonds. The van der Waals surface area contributed by atoms with Crippen molar-refractivity contribution in [2.24, 2.45) is 5.92 Å². The van der Waals surface area contributed by atoms with Crippen molar-refractivity contribution < 1.29 is 14.0 Å². The molecule has 0 spiro atoms. The van der Waals surface area contributed by atoms with Crippen molar-refractivity contribution in [3.63, 3.8) is 0 Å². The van der Waals surface area contributed by atoms with Gasteiger partial charge in [0.15, 0.2) is 5.82 Å². The third-order valence-electron chi connectivity index (χ3n) is 8.00. The van der Waals surface area contributed by atoms with E-state index in [0.717, 1.165) is 41.8 Å². The summed E-state index contributed by atoms with van der Waals surface area (Å²) in [7, 11) is 0. The van der Waals surface area contributed by atoms with E-state index in [1.165, 1.54) is 23.2 Å². The zero-order chi connectivity index (χ0) is 29.2. The van der Waals surface area contributed by atoms with Crippen molar-refractivity contribution in [1.29, 1.82) is 0 Å². The van der Waals surface area contributed by atoms with Crippen LogP contribution >= 0.6 is 11.6 Å². The second-order valence-corrected chi connectivity index (χ2v) is 11.1. The molecule has 214 valence electrons. The highest BCUT2D eigenvalue weighted by Crippen LogP contribution is 2.38. The maximum Gasteiger partial charge on any atom is 0.247 e. The highest BCUT2D eigenvalue weighted by molar-refractivity contribution is 6.31. The topological polar surface area (TPSA) is 106 Å². The van der Waals surface area contributed by atoms with E-state index in [4.69, 9.17) is 16.6 Å². The summed E-state index contributed by atoms with van der Waals surface area (Å²) in [6.07, 6.45) is 8.07. The number of pyridine rings is 1. The Hall–Kier alpha value is -4.44. The number of hydrogen-bond acceptors (Lipinski definition) is 6. The van der Waals surface area contributed by atoms with Gasteiger partial charge in [0.25, 0.3) is 0 Å². The summed E-state index contributed by atoms with van der Waals surface area (Å²) in [4.78, 5) is 33.2. The predicted molar refractivity (Wildman–Crippen MR) is 157 cm³/mol. The largest absolute Gasteiger partial charge is 0.330 e. The van der Waals surface area contributed by atoms with Gasteiger partial charge in [-0.2, -0.15) is 4.68 Å². The minimum atomic E-state index is -0.621. The number of aromatic nitrogens is 5. The fraction of sp³-hybridized carbons (Fsp3) is 0.290. The molecule has 2 unspecified atom stereocenters. The van der Waals surface area contributed by atoms with Gasteiger partial charge in [-0.25, -0.2) is 4.39 Å². The van der Waals surface area contributed by atoms with Crippen LogP contribution in [-0.4, -0.2) is 48.5 Å². The van der Waals surface area contributed by atoms with Gasteiger partial charge in [0.1, 0.15) is 6.33 Å². The number of para-hydroxylation sites is 1. The molecule has 2 aromatic carbocycles. The standard InChI is InChI=1S/C31H29ClFN7O2/c1-19-6-2-5-9-26(25-16-20(12-14-34-25)22-7-3-4-8-24(22)36-31(19)42)39-15-13-21(17-28(39)41)29-27(40-18-35-37-38-40)11-10-23(32)30(29)33/h3-4,7-8,10-12,14,16-19,26H,2,5-6,9,13,15H2,1H3,(H,36,42). The zero-order valence-corrected chi connectivity index (χ0v) is 23.8. The molecule has 2 aliphatic heterocycles. The number of tetrazole rings is 1. The van der Waals surface area contributed by atoms with E-state index in [1.807, 2.05) is 48.2 Å². The van der Waals surface area contributed by atoms with E-state index in [-0.39, 0.29) is 34.4 Å². The Morgan fingerprint density at radius 3 is 2.71 bits per heavy atom. The molecule has 2 atom stereocenters. The Labute approximate surface area is 247 Å². The summed E-state index contributed by atoms with van der Waals surface area (Å²) in [6.45, 7) is 2.31. The zero-order valence-electron chi connectivity index (χ0n) is 23.0. The molecule has 0 radical (unpaired) electrons. The van der Waals surface area contributed by atoms with Gasteiger partial charge in [0.2, 0.25) is 11.8 Å². The summed E-state index contributed by atoms with van der Waals surface area (Å²) < 4.78 is 16.8. The molecule has 9 nitrogen and oxygen atoms in total. The first-order valence-electron chi connectivity index (χ1n) is 14.0. The molecule has 0 fully saturated rings. The Kier molecular flexibility index (Phi) is 7.80. The molecule has 2 aromatic heterocycles. The van der Waals surface area contributed by atoms with Crippen molar-refractivity contribution in [3.8, 4) is 16.8 Å². The SMILES string of the molecule is CC1CCCCC(N2CCC(c3c(-n4cnnn4)ccc(Cl)c3F)=CC2=O)c2cc(ccn2)-c2ccccc2NC1=O. The number of nitrogens with one attached hydrogen (secondary N) is 1. The van der Waals surface area contributed by atoms with Crippen LogP contribution in [0.2, 0.25) is 5.02 Å². The first-order chi connectivity index (χ1) is 20.4. The summed E-state index contributed by atoms with van der Waals surface area (Å²) >= 11 is 6.15. The smallest absolute Gasteiger partial charge is 0.247 e. The summed E-state index contributed by atoms with van der Waals surface area (Å²) in [5.41, 5.74) is 4.45. The number of nitrogens with zero attached hydrogens (tertiary/aromatic N) is 6. The second kappa shape index (κ2) is 11.8. The normalized spacial score (nSPS) is 19.6. The molecule has 11 heteroatoms. The lowest BCUT2D eigenvalue weighted by atomic mass is 9.93. The fourth-order valence-electron chi connectivity index (χ4n) is 5.75. The second-order valence-electron chi connectivity index (χ2n) is 10.7. The van der Waals surface area contributed by atoms with Crippen molar-refractivity contribution in [1.82, 2.24) is 30.1 Å². The third kappa shape index (κ3) is 5.42. The molecule has 4 heterocycles. The van der Waals surface area contributed by atoms with Crippen LogP contribution < -0.4 is 5.32 Å². The molecule has 0 saturated carbocycles. The van der Waals surface area contributed by atoms with E-state index >= 15 is 4.39 Å². The predicted octanol–water partition coefficient (Wildman–Crippen LogP) is 6.02. The van der Waals surface area contributed by atoms with E-state index in [1.54, 1.807) is 12.3 Å². The van der Waals surface area contributed by atoms with E-state index in [9.17, 15) is 9.59 Å². The number of amides is 2. The Morgan fingerprint density at radius 1 is 1.07 bits per heavy atom. The van der Waals surface area contributed by atoms with E-state index < -0.39 is 5.82 Å². The number of hydrogen-bond donors (Lipinski definition) is 1. The first kappa shape index (κ1) is 27.7. The quantitative estimate of drug-likeness (QED) is 0.315. The minimum Gasteiger partial charge on any atom is -0.330 e. The van der Waals surface area contributed by atoms with Crippen LogP contribution in [0.4, 0.5) is 10.1 Å². The van der Waals surface area contributed by atoms with Gasteiger partial charge in [-0.3, -0.25) is 14.6 Å². The van der Waals surface area contributed by atoms with Crippen molar-refractivity contribution >= 4 is 34.7 Å². The highest BCUT2D eigenvalue weighted by atomic mass is 35.5. The van der Waals surface area contributed by atoms with Gasteiger partial charge >= 0.3 is 0 Å². The molecule has 2 bridgehead atoms. The fourth-order valence-corrected chi connectivity index (χ4v) is 5.91. The van der Waals surface area contributed by atoms with E-state index in [0.29, 0.717) is 30.6 Å². The number of rotatable bonds is 3.